The van der Waals surface area contributed by atoms with Gasteiger partial charge in [0.05, 0.1) is 0 Å². The van der Waals surface area contributed by atoms with E-state index in [0.29, 0.717) is 0 Å². The van der Waals surface area contributed by atoms with Crippen molar-refractivity contribution >= 4 is 22.0 Å². The van der Waals surface area contributed by atoms with Gasteiger partial charge in [-0.2, -0.15) is 0 Å². The summed E-state index contributed by atoms with van der Waals surface area (Å²) in [7, 11) is 0. The maximum Gasteiger partial charge on any atom is 0.404 e. The van der Waals surface area contributed by atoms with E-state index < -0.39 is 6.09 Å². The molecule has 8 heavy (non-hydrogen) atoms. The fourth-order valence-electron chi connectivity index (χ4n) is 0.167. The van der Waals surface area contributed by atoms with E-state index in [1.165, 1.54) is 0 Å². The monoisotopic (exact) mass is 179 g/mol. The summed E-state index contributed by atoms with van der Waals surface area (Å²) in [6.45, 7) is 0.223. The number of halogens is 1. The lowest BCUT2D eigenvalue weighted by Crippen LogP contribution is -2.12. The van der Waals surface area contributed by atoms with Crippen molar-refractivity contribution in [3.05, 3.63) is 11.1 Å². The number of rotatable bonds is 2. The number of ether oxygens (including phenoxy) is 1. The first-order valence-electron chi connectivity index (χ1n) is 1.95. The average Bonchev–Trinajstić information content (AvgIpc) is 1.66. The quantitative estimate of drug-likeness (QED) is 0.688. The Kier molecular flexibility index (Phi) is 4.35. The number of hydrogen-bond acceptors (Lipinski definition) is 2. The van der Waals surface area contributed by atoms with E-state index in [1.54, 1.807) is 11.1 Å². The molecule has 0 aliphatic carbocycles. The molecule has 0 bridgehead atoms. The number of amides is 1. The molecule has 0 rings (SSSR count). The van der Waals surface area contributed by atoms with Crippen LogP contribution in [-0.4, -0.2) is 12.7 Å². The molecule has 4 heteroatoms. The van der Waals surface area contributed by atoms with Crippen molar-refractivity contribution in [2.24, 2.45) is 5.73 Å². The third kappa shape index (κ3) is 5.49. The zero-order chi connectivity index (χ0) is 6.41. The summed E-state index contributed by atoms with van der Waals surface area (Å²) in [5.74, 6) is 0. The van der Waals surface area contributed by atoms with Crippen LogP contribution in [0.5, 0.6) is 0 Å². The molecule has 0 aliphatic rings. The van der Waals surface area contributed by atoms with Gasteiger partial charge in [-0.15, -0.1) is 0 Å². The second-order valence-corrected chi connectivity index (χ2v) is 1.52. The third-order valence-electron chi connectivity index (χ3n) is 0.411. The summed E-state index contributed by atoms with van der Waals surface area (Å²) < 4.78 is 4.30. The fraction of sp³-hybridized carbons (Fsp3) is 0.250. The summed E-state index contributed by atoms with van der Waals surface area (Å²) in [4.78, 5) is 11.4. The van der Waals surface area contributed by atoms with Crippen LogP contribution in [0.2, 0.25) is 0 Å². The first-order chi connectivity index (χ1) is 3.77. The van der Waals surface area contributed by atoms with E-state index in [0.717, 1.165) is 0 Å². The Bertz CT molecular complexity index is 102. The maximum absolute atomic E-state index is 9.82. The van der Waals surface area contributed by atoms with Crippen molar-refractivity contribution in [1.82, 2.24) is 0 Å². The summed E-state index contributed by atoms with van der Waals surface area (Å²) in [6, 6.07) is 0. The highest BCUT2D eigenvalue weighted by Gasteiger charge is 1.85. The molecular weight excluding hydrogens is 174 g/mol. The van der Waals surface area contributed by atoms with Gasteiger partial charge in [-0.3, -0.25) is 0 Å². The average molecular weight is 180 g/mol. The van der Waals surface area contributed by atoms with Gasteiger partial charge in [-0.1, -0.05) is 15.9 Å². The first-order valence-corrected chi connectivity index (χ1v) is 2.86. The van der Waals surface area contributed by atoms with Crippen LogP contribution in [0.15, 0.2) is 11.1 Å². The zero-order valence-corrected chi connectivity index (χ0v) is 5.72. The molecule has 0 aromatic heterocycles. The molecule has 0 atom stereocenters. The molecule has 0 fully saturated rings. The Labute approximate surface area is 55.6 Å². The summed E-state index contributed by atoms with van der Waals surface area (Å²) in [5.41, 5.74) is 4.62. The topological polar surface area (TPSA) is 52.3 Å². The molecule has 0 aliphatic heterocycles. The second-order valence-electron chi connectivity index (χ2n) is 0.992. The van der Waals surface area contributed by atoms with Crippen LogP contribution in [0, 0.1) is 0 Å². The fourth-order valence-corrected chi connectivity index (χ4v) is 0.319. The lowest BCUT2D eigenvalue weighted by Gasteiger charge is -1.91. The van der Waals surface area contributed by atoms with Gasteiger partial charge in [0.15, 0.2) is 0 Å². The Morgan fingerprint density at radius 2 is 2.50 bits per heavy atom. The molecule has 0 unspecified atom stereocenters. The molecular formula is C4H6BrNO2. The predicted molar refractivity (Wildman–Crippen MR) is 33.6 cm³/mol. The van der Waals surface area contributed by atoms with E-state index in [-0.39, 0.29) is 6.61 Å². The Balaban J connectivity index is 3.05. The molecule has 0 heterocycles. The van der Waals surface area contributed by atoms with Crippen LogP contribution in [0.3, 0.4) is 0 Å². The number of primary amides is 1. The van der Waals surface area contributed by atoms with Crippen LogP contribution in [0.4, 0.5) is 4.79 Å². The number of carbonyl (C=O) groups is 1. The van der Waals surface area contributed by atoms with Crippen molar-refractivity contribution < 1.29 is 9.53 Å². The molecule has 0 aromatic carbocycles. The van der Waals surface area contributed by atoms with E-state index in [2.05, 4.69) is 26.4 Å². The standard InChI is InChI=1S/C4H6BrNO2/c5-2-1-3-8-4(6)7/h1-2H,3H2,(H2,6,7). The van der Waals surface area contributed by atoms with Gasteiger partial charge >= 0.3 is 6.09 Å². The van der Waals surface area contributed by atoms with Gasteiger partial charge in [0.2, 0.25) is 0 Å². The Morgan fingerprint density at radius 3 is 2.88 bits per heavy atom. The summed E-state index contributed by atoms with van der Waals surface area (Å²) in [6.07, 6.45) is 0.862. The third-order valence-corrected chi connectivity index (χ3v) is 0.785. The maximum atomic E-state index is 9.82. The smallest absolute Gasteiger partial charge is 0.404 e. The van der Waals surface area contributed by atoms with Crippen LogP contribution in [0.1, 0.15) is 0 Å². The highest BCUT2D eigenvalue weighted by atomic mass is 79.9. The zero-order valence-electron chi connectivity index (χ0n) is 4.13. The Hall–Kier alpha value is -0.510. The normalized spacial score (nSPS) is 9.62. The molecule has 0 spiro atoms. The van der Waals surface area contributed by atoms with Crippen LogP contribution in [0.25, 0.3) is 0 Å². The minimum atomic E-state index is -0.754. The minimum absolute atomic E-state index is 0.223. The number of carbonyl (C=O) groups excluding carboxylic acids is 1. The van der Waals surface area contributed by atoms with Gasteiger partial charge in [0, 0.05) is 0 Å². The number of hydrogen-bond donors (Lipinski definition) is 1. The Morgan fingerprint density at radius 1 is 1.88 bits per heavy atom. The summed E-state index contributed by atoms with van der Waals surface area (Å²) >= 11 is 2.99. The number of nitrogens with two attached hydrogens (primary N) is 1. The van der Waals surface area contributed by atoms with E-state index >= 15 is 0 Å². The van der Waals surface area contributed by atoms with Crippen LogP contribution in [-0.2, 0) is 4.74 Å². The van der Waals surface area contributed by atoms with Crippen LogP contribution >= 0.6 is 15.9 Å². The van der Waals surface area contributed by atoms with Crippen molar-refractivity contribution in [1.29, 1.82) is 0 Å². The second kappa shape index (κ2) is 4.64. The van der Waals surface area contributed by atoms with Gasteiger partial charge in [-0.05, 0) is 11.1 Å². The molecule has 46 valence electrons. The van der Waals surface area contributed by atoms with E-state index in [9.17, 15) is 4.79 Å². The van der Waals surface area contributed by atoms with Crippen LogP contribution < -0.4 is 5.73 Å². The van der Waals surface area contributed by atoms with E-state index in [4.69, 9.17) is 0 Å². The highest BCUT2D eigenvalue weighted by Crippen LogP contribution is 1.82. The van der Waals surface area contributed by atoms with Gasteiger partial charge in [0.25, 0.3) is 0 Å². The molecule has 0 saturated carbocycles. The SMILES string of the molecule is NC(=O)OCC=CBr. The summed E-state index contributed by atoms with van der Waals surface area (Å²) in [5, 5.41) is 0. The molecule has 2 N–H and O–H groups in total. The predicted octanol–water partition coefficient (Wildman–Crippen LogP) is 0.990. The molecule has 1 amide bonds. The van der Waals surface area contributed by atoms with Crippen molar-refractivity contribution in [3.8, 4) is 0 Å². The van der Waals surface area contributed by atoms with Crippen molar-refractivity contribution in [2.75, 3.05) is 6.61 Å². The van der Waals surface area contributed by atoms with Gasteiger partial charge < -0.3 is 10.5 Å². The minimum Gasteiger partial charge on any atom is -0.445 e. The molecule has 3 nitrogen and oxygen atoms in total. The molecule has 0 saturated heterocycles. The van der Waals surface area contributed by atoms with Gasteiger partial charge in [0.1, 0.15) is 6.61 Å². The van der Waals surface area contributed by atoms with Gasteiger partial charge in [-0.25, -0.2) is 4.79 Å². The highest BCUT2D eigenvalue weighted by molar-refractivity contribution is 9.11. The van der Waals surface area contributed by atoms with Crippen molar-refractivity contribution in [2.45, 2.75) is 0 Å². The molecule has 0 aromatic rings. The van der Waals surface area contributed by atoms with E-state index in [1.807, 2.05) is 0 Å². The molecule has 0 radical (unpaired) electrons. The largest absolute Gasteiger partial charge is 0.445 e. The van der Waals surface area contributed by atoms with Crippen molar-refractivity contribution in [3.63, 3.8) is 0 Å². The lowest BCUT2D eigenvalue weighted by atomic mass is 10.7. The first kappa shape index (κ1) is 7.49. The lowest BCUT2D eigenvalue weighted by molar-refractivity contribution is 0.169.